The second-order valence-electron chi connectivity index (χ2n) is 8.78. The minimum absolute atomic E-state index is 0.115. The van der Waals surface area contributed by atoms with Crippen LogP contribution in [-0.4, -0.2) is 25.9 Å². The van der Waals surface area contributed by atoms with Crippen LogP contribution in [0, 0.1) is 11.8 Å². The molecular weight excluding hydrogens is 290 g/mol. The van der Waals surface area contributed by atoms with Crippen LogP contribution >= 0.6 is 0 Å². The molecule has 4 rings (SSSR count). The predicted molar refractivity (Wildman–Crippen MR) is 92.2 cm³/mol. The average molecular weight is 324 g/mol. The monoisotopic (exact) mass is 323 g/mol. The third-order valence-corrected chi connectivity index (χ3v) is 13.1. The van der Waals surface area contributed by atoms with Crippen LogP contribution in [0.4, 0.5) is 0 Å². The molecular formula is C18H33NO2Si. The zero-order valence-electron chi connectivity index (χ0n) is 15.1. The standard InChI is InChI=1S/C18H33NO2Si/c1-11(2)22(12(3)4,13(5)6)21-18-9-7-8-16-14(18)10-15(18)17(20)19-16/h11-16H,7-10H2,1-6H3,(H,19,20)/t14?,15-,16-,18-/m1/s1. The molecule has 0 aromatic heterocycles. The van der Waals surface area contributed by atoms with E-state index in [-0.39, 0.29) is 17.4 Å². The van der Waals surface area contributed by atoms with Gasteiger partial charge in [-0.05, 0) is 42.3 Å². The molecule has 4 heteroatoms. The molecule has 126 valence electrons. The number of hydrogen-bond acceptors (Lipinski definition) is 2. The molecule has 2 heterocycles. The molecule has 22 heavy (non-hydrogen) atoms. The van der Waals surface area contributed by atoms with Crippen molar-refractivity contribution in [2.75, 3.05) is 0 Å². The zero-order valence-corrected chi connectivity index (χ0v) is 16.1. The normalized spacial score (nSPS) is 37.5. The summed E-state index contributed by atoms with van der Waals surface area (Å²) in [5.41, 5.74) is 1.65. The van der Waals surface area contributed by atoms with Gasteiger partial charge >= 0.3 is 0 Å². The maximum Gasteiger partial charge on any atom is 0.226 e. The van der Waals surface area contributed by atoms with Gasteiger partial charge in [0.2, 0.25) is 14.2 Å². The molecule has 0 aromatic carbocycles. The first kappa shape index (κ1) is 16.5. The molecule has 2 aliphatic heterocycles. The van der Waals surface area contributed by atoms with E-state index in [9.17, 15) is 4.79 Å². The highest BCUT2D eigenvalue weighted by Gasteiger charge is 2.68. The highest BCUT2D eigenvalue weighted by molar-refractivity contribution is 6.77. The lowest BCUT2D eigenvalue weighted by Crippen LogP contribution is -2.77. The molecule has 0 aromatic rings. The molecule has 0 spiro atoms. The highest BCUT2D eigenvalue weighted by atomic mass is 28.4. The summed E-state index contributed by atoms with van der Waals surface area (Å²) in [7, 11) is -1.92. The van der Waals surface area contributed by atoms with Crippen molar-refractivity contribution in [3.8, 4) is 0 Å². The molecule has 4 fully saturated rings. The Labute approximate surface area is 136 Å². The fourth-order valence-electron chi connectivity index (χ4n) is 6.08. The van der Waals surface area contributed by atoms with Crippen molar-refractivity contribution in [2.45, 2.75) is 95.5 Å². The second kappa shape index (κ2) is 5.34. The van der Waals surface area contributed by atoms with Crippen molar-refractivity contribution in [1.82, 2.24) is 5.32 Å². The smallest absolute Gasteiger partial charge is 0.226 e. The van der Waals surface area contributed by atoms with E-state index in [4.69, 9.17) is 4.43 Å². The molecule has 2 aliphatic carbocycles. The minimum Gasteiger partial charge on any atom is -0.409 e. The Kier molecular flexibility index (Phi) is 4.00. The molecule has 3 nitrogen and oxygen atoms in total. The van der Waals surface area contributed by atoms with Crippen molar-refractivity contribution in [2.24, 2.45) is 11.8 Å². The van der Waals surface area contributed by atoms with Crippen LogP contribution in [0.15, 0.2) is 0 Å². The third kappa shape index (κ3) is 1.99. The molecule has 1 N–H and O–H groups in total. The number of carbonyl (C=O) groups excluding carboxylic acids is 1. The number of fused-ring (bicyclic) bond motifs is 1. The van der Waals surface area contributed by atoms with E-state index in [1.165, 1.54) is 6.42 Å². The van der Waals surface area contributed by atoms with Crippen molar-refractivity contribution in [3.05, 3.63) is 0 Å². The van der Waals surface area contributed by atoms with E-state index in [1.54, 1.807) is 0 Å². The van der Waals surface area contributed by atoms with Crippen molar-refractivity contribution in [3.63, 3.8) is 0 Å². The van der Waals surface area contributed by atoms with Crippen LogP contribution in [0.2, 0.25) is 16.6 Å². The lowest BCUT2D eigenvalue weighted by molar-refractivity contribution is -0.202. The summed E-state index contributed by atoms with van der Waals surface area (Å²) in [6, 6.07) is 0.379. The van der Waals surface area contributed by atoms with Crippen LogP contribution in [0.5, 0.6) is 0 Å². The zero-order chi connectivity index (χ0) is 16.3. The van der Waals surface area contributed by atoms with Gasteiger partial charge in [0, 0.05) is 12.0 Å². The van der Waals surface area contributed by atoms with Crippen LogP contribution in [0.3, 0.4) is 0 Å². The van der Waals surface area contributed by atoms with Gasteiger partial charge in [0.05, 0.1) is 11.5 Å². The molecule has 0 radical (unpaired) electrons. The fourth-order valence-corrected chi connectivity index (χ4v) is 11.8. The maximum absolute atomic E-state index is 12.5. The Morgan fingerprint density at radius 2 is 1.73 bits per heavy atom. The topological polar surface area (TPSA) is 38.3 Å². The van der Waals surface area contributed by atoms with Gasteiger partial charge in [0.1, 0.15) is 0 Å². The number of piperidine rings is 2. The van der Waals surface area contributed by atoms with Crippen LogP contribution in [0.25, 0.3) is 0 Å². The Morgan fingerprint density at radius 3 is 2.23 bits per heavy atom. The van der Waals surface area contributed by atoms with Gasteiger partial charge in [-0.15, -0.1) is 0 Å². The Hall–Kier alpha value is -0.353. The first-order valence-electron chi connectivity index (χ1n) is 9.26. The van der Waals surface area contributed by atoms with Gasteiger partial charge in [-0.2, -0.15) is 0 Å². The van der Waals surface area contributed by atoms with E-state index in [2.05, 4.69) is 46.9 Å². The largest absolute Gasteiger partial charge is 0.409 e. The van der Waals surface area contributed by atoms with Crippen LogP contribution < -0.4 is 5.32 Å². The summed E-state index contributed by atoms with van der Waals surface area (Å²) in [5, 5.41) is 3.24. The maximum atomic E-state index is 12.5. The summed E-state index contributed by atoms with van der Waals surface area (Å²) >= 11 is 0. The van der Waals surface area contributed by atoms with Gasteiger partial charge in [0.25, 0.3) is 0 Å². The summed E-state index contributed by atoms with van der Waals surface area (Å²) in [4.78, 5) is 12.5. The average Bonchev–Trinajstić information content (AvgIpc) is 2.38. The fraction of sp³-hybridized carbons (Fsp3) is 0.944. The quantitative estimate of drug-likeness (QED) is 0.769. The van der Waals surface area contributed by atoms with E-state index in [0.717, 1.165) is 19.3 Å². The van der Waals surface area contributed by atoms with Crippen molar-refractivity contribution in [1.29, 1.82) is 0 Å². The molecule has 1 unspecified atom stereocenters. The van der Waals surface area contributed by atoms with E-state index in [1.807, 2.05) is 0 Å². The highest BCUT2D eigenvalue weighted by Crippen LogP contribution is 2.61. The molecule has 4 aliphatic rings. The number of rotatable bonds is 5. The van der Waals surface area contributed by atoms with Gasteiger partial charge < -0.3 is 9.74 Å². The summed E-state index contributed by atoms with van der Waals surface area (Å²) in [6.07, 6.45) is 4.52. The number of amides is 1. The van der Waals surface area contributed by atoms with Crippen molar-refractivity contribution < 1.29 is 9.22 Å². The number of nitrogens with one attached hydrogen (secondary N) is 1. The lowest BCUT2D eigenvalue weighted by Gasteiger charge is -2.67. The van der Waals surface area contributed by atoms with Crippen LogP contribution in [-0.2, 0) is 9.22 Å². The third-order valence-electron chi connectivity index (χ3n) is 6.99. The Morgan fingerprint density at radius 1 is 1.14 bits per heavy atom. The van der Waals surface area contributed by atoms with E-state index >= 15 is 0 Å². The van der Waals surface area contributed by atoms with Gasteiger partial charge in [-0.1, -0.05) is 41.5 Å². The molecule has 1 amide bonds. The van der Waals surface area contributed by atoms with Crippen molar-refractivity contribution >= 4 is 14.2 Å². The molecule has 4 bridgehead atoms. The summed E-state index contributed by atoms with van der Waals surface area (Å²) < 4.78 is 7.23. The minimum atomic E-state index is -1.92. The second-order valence-corrected chi connectivity index (χ2v) is 14.2. The van der Waals surface area contributed by atoms with E-state index < -0.39 is 8.32 Å². The van der Waals surface area contributed by atoms with Gasteiger partial charge in [-0.3, -0.25) is 4.79 Å². The predicted octanol–water partition coefficient (Wildman–Crippen LogP) is 4.24. The Bertz CT molecular complexity index is 440. The first-order valence-corrected chi connectivity index (χ1v) is 11.4. The number of carbonyl (C=O) groups is 1. The summed E-state index contributed by atoms with van der Waals surface area (Å²) in [6.45, 7) is 14.1. The SMILES string of the molecule is CC(C)[Si](O[C@@]12CCC[C@H]3NC(=O)[C@H]1CC32)(C(C)C)C(C)C. The summed E-state index contributed by atoms with van der Waals surface area (Å²) in [5.74, 6) is 0.968. The Balaban J connectivity index is 1.97. The van der Waals surface area contributed by atoms with E-state index in [0.29, 0.717) is 28.6 Å². The van der Waals surface area contributed by atoms with Gasteiger partial charge in [-0.25, -0.2) is 0 Å². The molecule has 2 saturated heterocycles. The van der Waals surface area contributed by atoms with Gasteiger partial charge in [0.15, 0.2) is 0 Å². The number of hydrogen-bond donors (Lipinski definition) is 1. The molecule has 2 saturated carbocycles. The van der Waals surface area contributed by atoms with Crippen LogP contribution in [0.1, 0.15) is 67.2 Å². The first-order chi connectivity index (χ1) is 10.3. The molecule has 4 atom stereocenters. The lowest BCUT2D eigenvalue weighted by atomic mass is 9.50.